The second-order valence-corrected chi connectivity index (χ2v) is 4.88. The number of ether oxygens (including phenoxy) is 1. The lowest BCUT2D eigenvalue weighted by Gasteiger charge is -2.07. The summed E-state index contributed by atoms with van der Waals surface area (Å²) >= 11 is 2.92. The van der Waals surface area contributed by atoms with Crippen molar-refractivity contribution in [3.63, 3.8) is 0 Å². The Balaban J connectivity index is 2.25. The first-order valence-corrected chi connectivity index (χ1v) is 6.73. The topological polar surface area (TPSA) is 64.3 Å². The predicted molar refractivity (Wildman–Crippen MR) is 73.7 cm³/mol. The summed E-state index contributed by atoms with van der Waals surface area (Å²) in [4.78, 5) is 10.9. The Morgan fingerprint density at radius 1 is 1.55 bits per heavy atom. The maximum atomic E-state index is 14.0. The van der Waals surface area contributed by atoms with Crippen molar-refractivity contribution in [2.45, 2.75) is 19.9 Å². The normalized spacial score (nSPS) is 10.6. The predicted octanol–water partition coefficient (Wildman–Crippen LogP) is 3.69. The van der Waals surface area contributed by atoms with Crippen LogP contribution in [0.2, 0.25) is 0 Å². The van der Waals surface area contributed by atoms with Crippen LogP contribution in [0.3, 0.4) is 0 Å². The molecule has 7 heteroatoms. The van der Waals surface area contributed by atoms with Crippen LogP contribution in [0.15, 0.2) is 29.0 Å². The number of carboxylic acids is 1. The number of halogens is 2. The molecule has 0 aliphatic rings. The fourth-order valence-corrected chi connectivity index (χ4v) is 2.15. The molecule has 5 nitrogen and oxygen atoms in total. The number of benzene rings is 1. The summed E-state index contributed by atoms with van der Waals surface area (Å²) in [7, 11) is 0. The molecule has 0 atom stereocenters. The smallest absolute Gasteiger partial charge is 0.336 e. The lowest BCUT2D eigenvalue weighted by atomic mass is 10.2. The van der Waals surface area contributed by atoms with E-state index in [9.17, 15) is 9.18 Å². The van der Waals surface area contributed by atoms with Crippen molar-refractivity contribution in [2.24, 2.45) is 0 Å². The van der Waals surface area contributed by atoms with Gasteiger partial charge in [-0.15, -0.1) is 0 Å². The summed E-state index contributed by atoms with van der Waals surface area (Å²) in [5.74, 6) is -1.63. The van der Waals surface area contributed by atoms with Crippen molar-refractivity contribution < 1.29 is 19.0 Å². The average molecular weight is 343 g/mol. The zero-order valence-corrected chi connectivity index (χ0v) is 12.2. The van der Waals surface area contributed by atoms with Gasteiger partial charge in [-0.25, -0.2) is 9.18 Å². The van der Waals surface area contributed by atoms with Crippen LogP contribution >= 0.6 is 15.9 Å². The van der Waals surface area contributed by atoms with E-state index in [-0.39, 0.29) is 15.8 Å². The highest BCUT2D eigenvalue weighted by atomic mass is 79.9. The Morgan fingerprint density at radius 2 is 2.30 bits per heavy atom. The van der Waals surface area contributed by atoms with E-state index in [0.29, 0.717) is 5.75 Å². The molecule has 1 heterocycles. The van der Waals surface area contributed by atoms with Crippen molar-refractivity contribution in [1.82, 2.24) is 9.78 Å². The minimum absolute atomic E-state index is 0.0575. The van der Waals surface area contributed by atoms with Gasteiger partial charge in [0, 0.05) is 6.54 Å². The van der Waals surface area contributed by atoms with Crippen molar-refractivity contribution >= 4 is 21.9 Å². The molecule has 1 N–H and O–H groups in total. The summed E-state index contributed by atoms with van der Waals surface area (Å²) in [5.41, 5.74) is -0.156. The highest BCUT2D eigenvalue weighted by molar-refractivity contribution is 9.10. The van der Waals surface area contributed by atoms with Crippen LogP contribution in [0.4, 0.5) is 4.39 Å². The van der Waals surface area contributed by atoms with E-state index < -0.39 is 11.8 Å². The number of aromatic nitrogens is 2. The van der Waals surface area contributed by atoms with Crippen molar-refractivity contribution in [1.29, 1.82) is 0 Å². The first kappa shape index (κ1) is 14.5. The summed E-state index contributed by atoms with van der Waals surface area (Å²) in [6.45, 7) is 2.76. The summed E-state index contributed by atoms with van der Waals surface area (Å²) in [6, 6.07) is 2.56. The Kier molecular flexibility index (Phi) is 4.39. The Bertz CT molecular complexity index is 643. The lowest BCUT2D eigenvalue weighted by molar-refractivity contribution is 0.0695. The van der Waals surface area contributed by atoms with Gasteiger partial charge in [0.2, 0.25) is 0 Å². The van der Waals surface area contributed by atoms with E-state index >= 15 is 0 Å². The molecule has 2 aromatic rings. The molecule has 0 spiro atoms. The molecule has 0 radical (unpaired) electrons. The fraction of sp³-hybridized carbons (Fsp3) is 0.231. The number of nitrogens with zero attached hydrogens (tertiary/aromatic N) is 2. The monoisotopic (exact) mass is 342 g/mol. The molecule has 0 aliphatic carbocycles. The standard InChI is InChI=1S/C13H12BrFN2O3/c1-2-5-17-7-8(6-16-17)20-10-4-3-9(13(18)19)11(14)12(10)15/h3-4,6-7H,2,5H2,1H3,(H,18,19). The Morgan fingerprint density at radius 3 is 2.95 bits per heavy atom. The summed E-state index contributed by atoms with van der Waals surface area (Å²) in [5, 5.41) is 12.9. The van der Waals surface area contributed by atoms with Gasteiger partial charge in [-0.2, -0.15) is 5.10 Å². The number of aryl methyl sites for hydroxylation is 1. The molecule has 0 aliphatic heterocycles. The van der Waals surface area contributed by atoms with Gasteiger partial charge in [-0.1, -0.05) is 6.92 Å². The quantitative estimate of drug-likeness (QED) is 0.899. The molecule has 2 rings (SSSR count). The largest absolute Gasteiger partial charge is 0.478 e. The van der Waals surface area contributed by atoms with Gasteiger partial charge in [0.25, 0.3) is 0 Å². The first-order chi connectivity index (χ1) is 9.52. The van der Waals surface area contributed by atoms with Crippen molar-refractivity contribution in [2.75, 3.05) is 0 Å². The zero-order valence-electron chi connectivity index (χ0n) is 10.6. The van der Waals surface area contributed by atoms with Crippen LogP contribution in [0.5, 0.6) is 11.5 Å². The first-order valence-electron chi connectivity index (χ1n) is 5.94. The highest BCUT2D eigenvalue weighted by Crippen LogP contribution is 2.31. The molecule has 1 aromatic carbocycles. The maximum Gasteiger partial charge on any atom is 0.336 e. The highest BCUT2D eigenvalue weighted by Gasteiger charge is 2.17. The van der Waals surface area contributed by atoms with Crippen molar-refractivity contribution in [3.8, 4) is 11.5 Å². The number of aromatic carboxylic acids is 1. The number of hydrogen-bond donors (Lipinski definition) is 1. The molecule has 106 valence electrons. The van der Waals surface area contributed by atoms with Crippen LogP contribution in [-0.4, -0.2) is 20.9 Å². The van der Waals surface area contributed by atoms with E-state index in [2.05, 4.69) is 21.0 Å². The molecule has 0 saturated heterocycles. The zero-order chi connectivity index (χ0) is 14.7. The average Bonchev–Trinajstić information content (AvgIpc) is 2.83. The number of carbonyl (C=O) groups is 1. The molecule has 0 amide bonds. The van der Waals surface area contributed by atoms with Crippen LogP contribution in [-0.2, 0) is 6.54 Å². The number of rotatable bonds is 5. The second kappa shape index (κ2) is 6.04. The van der Waals surface area contributed by atoms with E-state index in [1.165, 1.54) is 18.3 Å². The van der Waals surface area contributed by atoms with E-state index in [4.69, 9.17) is 9.84 Å². The molecular formula is C13H12BrFN2O3. The minimum atomic E-state index is -1.21. The number of hydrogen-bond acceptors (Lipinski definition) is 3. The van der Waals surface area contributed by atoms with Crippen LogP contribution in [0.25, 0.3) is 0 Å². The summed E-state index contributed by atoms with van der Waals surface area (Å²) < 4.78 is 20.9. The lowest BCUT2D eigenvalue weighted by Crippen LogP contribution is -2.00. The van der Waals surface area contributed by atoms with Gasteiger partial charge in [0.15, 0.2) is 17.3 Å². The van der Waals surface area contributed by atoms with E-state index in [0.717, 1.165) is 13.0 Å². The molecule has 20 heavy (non-hydrogen) atoms. The second-order valence-electron chi connectivity index (χ2n) is 4.09. The number of carboxylic acid groups (broad SMARTS) is 1. The third-order valence-electron chi connectivity index (χ3n) is 2.57. The van der Waals surface area contributed by atoms with Gasteiger partial charge in [0.1, 0.15) is 0 Å². The molecule has 0 saturated carbocycles. The van der Waals surface area contributed by atoms with E-state index in [1.54, 1.807) is 10.9 Å². The van der Waals surface area contributed by atoms with Crippen molar-refractivity contribution in [3.05, 3.63) is 40.4 Å². The third kappa shape index (κ3) is 2.98. The minimum Gasteiger partial charge on any atom is -0.478 e. The van der Waals surface area contributed by atoms with Crippen LogP contribution < -0.4 is 4.74 Å². The van der Waals surface area contributed by atoms with Crippen LogP contribution in [0, 0.1) is 5.82 Å². The van der Waals surface area contributed by atoms with Gasteiger partial charge < -0.3 is 9.84 Å². The molecule has 1 aromatic heterocycles. The third-order valence-corrected chi connectivity index (χ3v) is 3.34. The molecule has 0 bridgehead atoms. The van der Waals surface area contributed by atoms with Gasteiger partial charge in [-0.05, 0) is 34.5 Å². The van der Waals surface area contributed by atoms with Gasteiger partial charge in [-0.3, -0.25) is 4.68 Å². The van der Waals surface area contributed by atoms with Gasteiger partial charge in [0.05, 0.1) is 22.4 Å². The SMILES string of the molecule is CCCn1cc(Oc2ccc(C(=O)O)c(Br)c2F)cn1. The molecule has 0 fully saturated rings. The van der Waals surface area contributed by atoms with Gasteiger partial charge >= 0.3 is 5.97 Å². The summed E-state index contributed by atoms with van der Waals surface area (Å²) in [6.07, 6.45) is 4.06. The fourth-order valence-electron chi connectivity index (χ4n) is 1.65. The molecule has 0 unspecified atom stereocenters. The van der Waals surface area contributed by atoms with Crippen LogP contribution in [0.1, 0.15) is 23.7 Å². The van der Waals surface area contributed by atoms with E-state index in [1.807, 2.05) is 6.92 Å². The maximum absolute atomic E-state index is 14.0. The Hall–Kier alpha value is -1.89. The molecular weight excluding hydrogens is 331 g/mol. The Labute approximate surface area is 123 Å².